The summed E-state index contributed by atoms with van der Waals surface area (Å²) >= 11 is 0. The average molecular weight is 738 g/mol. The predicted molar refractivity (Wildman–Crippen MR) is 239 cm³/mol. The number of aromatic nitrogens is 1. The van der Waals surface area contributed by atoms with Crippen LogP contribution in [0.4, 0.5) is 0 Å². The molecule has 2 atom stereocenters. The third-order valence-corrected chi connectivity index (χ3v) is 13.3. The number of para-hydroxylation sites is 2. The minimum atomic E-state index is -0.420. The maximum atomic E-state index is 7.10. The average Bonchev–Trinajstić information content (AvgIpc) is 3.59. The first-order chi connectivity index (χ1) is 28.8. The predicted octanol–water partition coefficient (Wildman–Crippen LogP) is 12.0. The summed E-state index contributed by atoms with van der Waals surface area (Å²) < 4.78 is 7.10. The van der Waals surface area contributed by atoms with E-state index in [1.807, 2.05) is 0 Å². The first kappa shape index (κ1) is 31.9. The van der Waals surface area contributed by atoms with Gasteiger partial charge in [-0.2, -0.15) is 0 Å². The number of hydrogen-bond donors (Lipinski definition) is 0. The smallest absolute Gasteiger partial charge is 0.126 e. The van der Waals surface area contributed by atoms with Gasteiger partial charge in [0, 0.05) is 27.6 Å². The summed E-state index contributed by atoms with van der Waals surface area (Å²) in [6.07, 6.45) is 4.70. The van der Waals surface area contributed by atoms with E-state index in [0.29, 0.717) is 0 Å². The standard InChI is InChI=1S/C56H35NO/c1-2-18-39-37(16-1)38-17-3-4-19-40(38)45-31-35(28-29-41(39)45)34-14-13-15-36(30-34)55-47-33-54-51(32-46(47)44-22-7-11-26-52(44)57-55)56(50-25-10-12-27-53(50)58-54)48-23-8-5-20-42(48)43-21-6-9-24-49(43)56/h1-33,51,54H. The molecule has 2 aliphatic carbocycles. The van der Waals surface area contributed by atoms with E-state index in [9.17, 15) is 0 Å². The van der Waals surface area contributed by atoms with Gasteiger partial charge in [0.05, 0.1) is 16.6 Å². The third kappa shape index (κ3) is 4.24. The third-order valence-electron chi connectivity index (χ3n) is 13.3. The van der Waals surface area contributed by atoms with Gasteiger partial charge in [0.15, 0.2) is 0 Å². The van der Waals surface area contributed by atoms with Crippen molar-refractivity contribution in [2.24, 2.45) is 5.92 Å². The van der Waals surface area contributed by atoms with Gasteiger partial charge in [-0.1, -0.05) is 170 Å². The maximum Gasteiger partial charge on any atom is 0.126 e. The topological polar surface area (TPSA) is 22.1 Å². The fourth-order valence-electron chi connectivity index (χ4n) is 10.9. The Morgan fingerprint density at radius 3 is 1.67 bits per heavy atom. The van der Waals surface area contributed by atoms with E-state index >= 15 is 0 Å². The fraction of sp³-hybridized carbons (Fsp3) is 0.0536. The molecular formula is C56H35NO. The molecule has 2 nitrogen and oxygen atoms in total. The van der Waals surface area contributed by atoms with Crippen LogP contribution < -0.4 is 15.2 Å². The lowest BCUT2D eigenvalue weighted by Crippen LogP contribution is -2.51. The molecule has 270 valence electrons. The van der Waals surface area contributed by atoms with Crippen molar-refractivity contribution in [3.05, 3.63) is 215 Å². The lowest BCUT2D eigenvalue weighted by molar-refractivity contribution is 0.162. The highest BCUT2D eigenvalue weighted by atomic mass is 16.5. The molecule has 9 aromatic carbocycles. The second-order valence-electron chi connectivity index (χ2n) is 16.1. The fourth-order valence-corrected chi connectivity index (χ4v) is 10.9. The molecule has 1 aromatic heterocycles. The van der Waals surface area contributed by atoms with E-state index < -0.39 is 5.41 Å². The van der Waals surface area contributed by atoms with E-state index in [4.69, 9.17) is 9.72 Å². The largest absolute Gasteiger partial charge is 0.485 e. The van der Waals surface area contributed by atoms with Crippen molar-refractivity contribution in [1.82, 2.24) is 4.98 Å². The van der Waals surface area contributed by atoms with Gasteiger partial charge < -0.3 is 4.74 Å². The Morgan fingerprint density at radius 2 is 0.948 bits per heavy atom. The van der Waals surface area contributed by atoms with Gasteiger partial charge in [0.2, 0.25) is 0 Å². The van der Waals surface area contributed by atoms with Gasteiger partial charge in [-0.25, -0.2) is 4.98 Å². The first-order valence-corrected chi connectivity index (χ1v) is 20.3. The van der Waals surface area contributed by atoms with E-state index in [1.54, 1.807) is 0 Å². The van der Waals surface area contributed by atoms with E-state index in [1.165, 1.54) is 76.5 Å². The highest BCUT2D eigenvalue weighted by Gasteiger charge is 2.56. The molecule has 1 spiro atoms. The van der Waals surface area contributed by atoms with E-state index in [0.717, 1.165) is 33.1 Å². The Hall–Kier alpha value is -7.29. The number of hydrogen-bond acceptors (Lipinski definition) is 2. The van der Waals surface area contributed by atoms with E-state index in [-0.39, 0.29) is 12.0 Å². The monoisotopic (exact) mass is 737 g/mol. The number of ether oxygens (including phenoxy) is 1. The van der Waals surface area contributed by atoms with Crippen molar-refractivity contribution in [3.63, 3.8) is 0 Å². The van der Waals surface area contributed by atoms with Crippen LogP contribution in [0.15, 0.2) is 188 Å². The summed E-state index contributed by atoms with van der Waals surface area (Å²) in [5, 5.41) is 11.2. The molecule has 0 amide bonds. The lowest BCUT2D eigenvalue weighted by atomic mass is 9.60. The molecule has 58 heavy (non-hydrogen) atoms. The molecular weight excluding hydrogens is 703 g/mol. The molecule has 1 aliphatic heterocycles. The molecule has 0 fully saturated rings. The Labute approximate surface area is 335 Å². The van der Waals surface area contributed by atoms with E-state index in [2.05, 4.69) is 200 Å². The first-order valence-electron chi connectivity index (χ1n) is 20.3. The summed E-state index contributed by atoms with van der Waals surface area (Å²) in [7, 11) is 0. The van der Waals surface area contributed by atoms with Crippen LogP contribution in [0.5, 0.6) is 5.75 Å². The second kappa shape index (κ2) is 11.9. The SMILES string of the molecule is C1=c2c(-c3cccc(-c4ccc5c6ccccc6c6ccccc6c5c4)c3)nc3ccccc3c2=CC2C1Oc1ccccc1C21c2ccccc2-c2ccccc21. The number of nitrogens with zero attached hydrogens (tertiary/aromatic N) is 1. The normalized spacial score (nSPS) is 16.8. The summed E-state index contributed by atoms with van der Waals surface area (Å²) in [5.74, 6) is 0.949. The minimum Gasteiger partial charge on any atom is -0.485 e. The highest BCUT2D eigenvalue weighted by Crippen LogP contribution is 2.61. The van der Waals surface area contributed by atoms with Crippen molar-refractivity contribution in [3.8, 4) is 39.3 Å². The van der Waals surface area contributed by atoms with Gasteiger partial charge in [-0.3, -0.25) is 0 Å². The van der Waals surface area contributed by atoms with Crippen molar-refractivity contribution in [2.45, 2.75) is 11.5 Å². The molecule has 0 bridgehead atoms. The Kier molecular flexibility index (Phi) is 6.52. The van der Waals surface area contributed by atoms with Crippen molar-refractivity contribution < 1.29 is 4.74 Å². The van der Waals surface area contributed by atoms with Gasteiger partial charge in [-0.05, 0) is 101 Å². The van der Waals surface area contributed by atoms with Crippen LogP contribution in [0.2, 0.25) is 0 Å². The lowest BCUT2D eigenvalue weighted by Gasteiger charge is -2.47. The minimum absolute atomic E-state index is 0.00759. The molecule has 10 aromatic rings. The van der Waals surface area contributed by atoms with Crippen LogP contribution >= 0.6 is 0 Å². The Morgan fingerprint density at radius 1 is 0.397 bits per heavy atom. The van der Waals surface area contributed by atoms with Crippen molar-refractivity contribution in [1.29, 1.82) is 0 Å². The molecule has 0 saturated carbocycles. The maximum absolute atomic E-state index is 7.10. The van der Waals surface area contributed by atoms with Gasteiger partial charge in [0.1, 0.15) is 11.9 Å². The van der Waals surface area contributed by atoms with Crippen LogP contribution in [0.1, 0.15) is 16.7 Å². The molecule has 0 radical (unpaired) electrons. The van der Waals surface area contributed by atoms with Gasteiger partial charge >= 0.3 is 0 Å². The highest BCUT2D eigenvalue weighted by molar-refractivity contribution is 6.25. The van der Waals surface area contributed by atoms with Crippen LogP contribution in [-0.4, -0.2) is 11.1 Å². The molecule has 13 rings (SSSR count). The molecule has 3 aliphatic rings. The number of benzene rings is 9. The number of rotatable bonds is 2. The summed E-state index contributed by atoms with van der Waals surface area (Å²) in [5.41, 5.74) is 11.5. The van der Waals surface area contributed by atoms with Crippen LogP contribution in [-0.2, 0) is 5.41 Å². The van der Waals surface area contributed by atoms with Crippen LogP contribution in [0.3, 0.4) is 0 Å². The van der Waals surface area contributed by atoms with Gasteiger partial charge in [0.25, 0.3) is 0 Å². The number of fused-ring (bicyclic) bond motifs is 18. The summed E-state index contributed by atoms with van der Waals surface area (Å²) in [6.45, 7) is 0. The zero-order valence-corrected chi connectivity index (χ0v) is 31.6. The Bertz CT molecular complexity index is 3440. The number of pyridine rings is 1. The zero-order valence-electron chi connectivity index (χ0n) is 31.6. The molecule has 2 heteroatoms. The van der Waals surface area contributed by atoms with Gasteiger partial charge in [-0.15, -0.1) is 0 Å². The van der Waals surface area contributed by atoms with Crippen LogP contribution in [0, 0.1) is 5.92 Å². The molecule has 2 heterocycles. The molecule has 0 saturated heterocycles. The zero-order chi connectivity index (χ0) is 38.0. The quantitative estimate of drug-likeness (QED) is 0.165. The summed E-state index contributed by atoms with van der Waals surface area (Å²) in [4.78, 5) is 5.45. The summed E-state index contributed by atoms with van der Waals surface area (Å²) in [6, 6.07) is 68.8. The molecule has 2 unspecified atom stereocenters. The van der Waals surface area contributed by atoms with Crippen molar-refractivity contribution in [2.75, 3.05) is 0 Å². The Balaban J connectivity index is 1.04. The van der Waals surface area contributed by atoms with Crippen molar-refractivity contribution >= 4 is 55.4 Å². The van der Waals surface area contributed by atoms with Crippen LogP contribution in [0.25, 0.3) is 88.9 Å². The second-order valence-corrected chi connectivity index (χ2v) is 16.1. The molecule has 0 N–H and O–H groups in total.